The number of amides is 1. The highest BCUT2D eigenvalue weighted by Gasteiger charge is 2.22. The molecule has 0 aliphatic carbocycles. The molecule has 0 aliphatic rings. The smallest absolute Gasteiger partial charge is 0.238 e. The summed E-state index contributed by atoms with van der Waals surface area (Å²) in [6.07, 6.45) is 0.587. The molecule has 2 rings (SSSR count). The average Bonchev–Trinajstić information content (AvgIpc) is 2.68. The molecule has 1 aromatic carbocycles. The number of anilines is 1. The predicted octanol–water partition coefficient (Wildman–Crippen LogP) is 5.56. The van der Waals surface area contributed by atoms with Crippen molar-refractivity contribution in [2.75, 3.05) is 12.4 Å². The standard InChI is InChI=1S/C21H24ClN3O2S/c1-6-19(28-21-14(11-23)7-8-16(25-21)12(2)3)20(26)24-17-9-13(4)15(22)10-18(17)27-5/h7-10,12,19H,6H2,1-5H3,(H,24,26). The minimum absolute atomic E-state index is 0.173. The number of rotatable bonds is 7. The van der Waals surface area contributed by atoms with Crippen molar-refractivity contribution in [3.05, 3.63) is 46.1 Å². The maximum Gasteiger partial charge on any atom is 0.238 e. The van der Waals surface area contributed by atoms with E-state index < -0.39 is 5.25 Å². The summed E-state index contributed by atoms with van der Waals surface area (Å²) in [7, 11) is 1.53. The number of ether oxygens (including phenoxy) is 1. The molecular formula is C21H24ClN3O2S. The number of hydrogen-bond acceptors (Lipinski definition) is 5. The fourth-order valence-electron chi connectivity index (χ4n) is 2.55. The third kappa shape index (κ3) is 5.18. The second-order valence-corrected chi connectivity index (χ2v) is 8.26. The Bertz CT molecular complexity index is 909. The van der Waals surface area contributed by atoms with Crippen molar-refractivity contribution in [3.63, 3.8) is 0 Å². The van der Waals surface area contributed by atoms with Crippen LogP contribution in [0.5, 0.6) is 5.75 Å². The summed E-state index contributed by atoms with van der Waals surface area (Å²) in [5.74, 6) is 0.567. The van der Waals surface area contributed by atoms with E-state index in [1.54, 1.807) is 18.2 Å². The van der Waals surface area contributed by atoms with E-state index in [-0.39, 0.29) is 11.8 Å². The van der Waals surface area contributed by atoms with Crippen LogP contribution in [0.3, 0.4) is 0 Å². The summed E-state index contributed by atoms with van der Waals surface area (Å²) >= 11 is 7.44. The third-order valence-corrected chi connectivity index (χ3v) is 6.02. The summed E-state index contributed by atoms with van der Waals surface area (Å²) in [5.41, 5.74) is 2.78. The molecule has 5 nitrogen and oxygen atoms in total. The normalized spacial score (nSPS) is 11.8. The van der Waals surface area contributed by atoms with Crippen LogP contribution < -0.4 is 10.1 Å². The van der Waals surface area contributed by atoms with Gasteiger partial charge in [0.1, 0.15) is 16.8 Å². The molecule has 28 heavy (non-hydrogen) atoms. The van der Waals surface area contributed by atoms with Crippen LogP contribution in [0.4, 0.5) is 5.69 Å². The van der Waals surface area contributed by atoms with Gasteiger partial charge in [0.15, 0.2) is 0 Å². The molecule has 0 radical (unpaired) electrons. The van der Waals surface area contributed by atoms with Crippen LogP contribution in [0.2, 0.25) is 5.02 Å². The number of benzene rings is 1. The van der Waals surface area contributed by atoms with Crippen LogP contribution in [-0.4, -0.2) is 23.3 Å². The highest BCUT2D eigenvalue weighted by atomic mass is 35.5. The minimum Gasteiger partial charge on any atom is -0.495 e. The number of aryl methyl sites for hydroxylation is 1. The first-order valence-electron chi connectivity index (χ1n) is 9.03. The quantitative estimate of drug-likeness (QED) is 0.597. The first kappa shape index (κ1) is 22.1. The van der Waals surface area contributed by atoms with Crippen molar-refractivity contribution >= 4 is 35.0 Å². The lowest BCUT2D eigenvalue weighted by molar-refractivity contribution is -0.115. The van der Waals surface area contributed by atoms with Gasteiger partial charge in [-0.2, -0.15) is 5.26 Å². The Kier molecular flexibility index (Phi) is 7.73. The lowest BCUT2D eigenvalue weighted by Crippen LogP contribution is -2.25. The number of carbonyl (C=O) groups excluding carboxylic acids is 1. The van der Waals surface area contributed by atoms with Gasteiger partial charge in [0.25, 0.3) is 0 Å². The summed E-state index contributed by atoms with van der Waals surface area (Å²) in [6.45, 7) is 7.88. The molecule has 7 heteroatoms. The molecule has 0 aliphatic heterocycles. The van der Waals surface area contributed by atoms with E-state index in [1.165, 1.54) is 18.9 Å². The average molecular weight is 418 g/mol. The van der Waals surface area contributed by atoms with Gasteiger partial charge in [0, 0.05) is 16.8 Å². The lowest BCUT2D eigenvalue weighted by atomic mass is 10.1. The fourth-order valence-corrected chi connectivity index (χ4v) is 3.71. The second-order valence-electron chi connectivity index (χ2n) is 6.66. The highest BCUT2D eigenvalue weighted by molar-refractivity contribution is 8.00. The number of nitriles is 1. The maximum absolute atomic E-state index is 12.9. The molecule has 148 valence electrons. The molecule has 0 bridgehead atoms. The largest absolute Gasteiger partial charge is 0.495 e. The van der Waals surface area contributed by atoms with Gasteiger partial charge in [-0.05, 0) is 43.0 Å². The van der Waals surface area contributed by atoms with E-state index in [9.17, 15) is 10.1 Å². The molecule has 1 N–H and O–H groups in total. The van der Waals surface area contributed by atoms with E-state index in [0.717, 1.165) is 11.3 Å². The zero-order valence-corrected chi connectivity index (χ0v) is 18.2. The van der Waals surface area contributed by atoms with Gasteiger partial charge in [-0.3, -0.25) is 4.79 Å². The number of pyridine rings is 1. The summed E-state index contributed by atoms with van der Waals surface area (Å²) < 4.78 is 5.33. The van der Waals surface area contributed by atoms with E-state index in [2.05, 4.69) is 16.4 Å². The molecule has 1 atom stereocenters. The molecule has 0 saturated heterocycles. The van der Waals surface area contributed by atoms with E-state index >= 15 is 0 Å². The Morgan fingerprint density at radius 2 is 2.11 bits per heavy atom. The Morgan fingerprint density at radius 1 is 1.39 bits per heavy atom. The first-order valence-corrected chi connectivity index (χ1v) is 10.3. The van der Waals surface area contributed by atoms with Crippen LogP contribution in [0.25, 0.3) is 0 Å². The fraction of sp³-hybridized carbons (Fsp3) is 0.381. The zero-order valence-electron chi connectivity index (χ0n) is 16.7. The Balaban J connectivity index is 2.27. The Labute approximate surface area is 175 Å². The van der Waals surface area contributed by atoms with Gasteiger partial charge in [0.05, 0.1) is 23.6 Å². The van der Waals surface area contributed by atoms with Crippen LogP contribution in [-0.2, 0) is 4.79 Å². The summed E-state index contributed by atoms with van der Waals surface area (Å²) in [4.78, 5) is 17.5. The van der Waals surface area contributed by atoms with Crippen LogP contribution in [0.15, 0.2) is 29.3 Å². The SMILES string of the molecule is CCC(Sc1nc(C(C)C)ccc1C#N)C(=O)Nc1cc(C)c(Cl)cc1OC. The Hall–Kier alpha value is -2.23. The topological polar surface area (TPSA) is 75.0 Å². The molecule has 0 fully saturated rings. The molecule has 0 saturated carbocycles. The molecule has 1 unspecified atom stereocenters. The second kappa shape index (κ2) is 9.81. The van der Waals surface area contributed by atoms with Crippen molar-refractivity contribution in [1.82, 2.24) is 4.98 Å². The number of nitrogens with zero attached hydrogens (tertiary/aromatic N) is 2. The highest BCUT2D eigenvalue weighted by Crippen LogP contribution is 2.33. The van der Waals surface area contributed by atoms with Gasteiger partial charge in [-0.15, -0.1) is 0 Å². The third-order valence-electron chi connectivity index (χ3n) is 4.25. The number of halogens is 1. The molecule has 0 spiro atoms. The number of thioether (sulfide) groups is 1. The number of methoxy groups -OCH3 is 1. The van der Waals surface area contributed by atoms with Crippen LogP contribution in [0.1, 0.15) is 49.9 Å². The van der Waals surface area contributed by atoms with Crippen molar-refractivity contribution in [3.8, 4) is 11.8 Å². The molecule has 1 heterocycles. The molecule has 1 amide bonds. The molecule has 2 aromatic rings. The summed E-state index contributed by atoms with van der Waals surface area (Å²) in [6, 6.07) is 9.25. The zero-order chi connectivity index (χ0) is 20.8. The van der Waals surface area contributed by atoms with Gasteiger partial charge < -0.3 is 10.1 Å². The van der Waals surface area contributed by atoms with E-state index in [4.69, 9.17) is 16.3 Å². The van der Waals surface area contributed by atoms with E-state index in [0.29, 0.717) is 33.5 Å². The van der Waals surface area contributed by atoms with Crippen LogP contribution >= 0.6 is 23.4 Å². The Morgan fingerprint density at radius 3 is 2.68 bits per heavy atom. The molecular weight excluding hydrogens is 394 g/mol. The number of carbonyl (C=O) groups is 1. The van der Waals surface area contributed by atoms with Crippen molar-refractivity contribution in [1.29, 1.82) is 5.26 Å². The lowest BCUT2D eigenvalue weighted by Gasteiger charge is -2.18. The summed E-state index contributed by atoms with van der Waals surface area (Å²) in [5, 5.41) is 13.1. The van der Waals surface area contributed by atoms with Gasteiger partial charge >= 0.3 is 0 Å². The van der Waals surface area contributed by atoms with Gasteiger partial charge in [0.2, 0.25) is 5.91 Å². The monoisotopic (exact) mass is 417 g/mol. The van der Waals surface area contributed by atoms with Crippen molar-refractivity contribution in [2.24, 2.45) is 0 Å². The predicted molar refractivity (Wildman–Crippen MR) is 114 cm³/mol. The minimum atomic E-state index is -0.400. The maximum atomic E-state index is 12.9. The first-order chi connectivity index (χ1) is 13.3. The van der Waals surface area contributed by atoms with Gasteiger partial charge in [-0.25, -0.2) is 4.98 Å². The number of hydrogen-bond donors (Lipinski definition) is 1. The van der Waals surface area contributed by atoms with E-state index in [1.807, 2.05) is 33.8 Å². The van der Waals surface area contributed by atoms with Crippen molar-refractivity contribution in [2.45, 2.75) is 50.3 Å². The number of aromatic nitrogens is 1. The van der Waals surface area contributed by atoms with Gasteiger partial charge in [-0.1, -0.05) is 44.1 Å². The molecule has 1 aromatic heterocycles. The van der Waals surface area contributed by atoms with Crippen LogP contribution in [0, 0.1) is 18.3 Å². The number of nitrogens with one attached hydrogen (secondary N) is 1. The van der Waals surface area contributed by atoms with Crippen molar-refractivity contribution < 1.29 is 9.53 Å².